The molecule has 0 rings (SSSR count). The van der Waals surface area contributed by atoms with Gasteiger partial charge in [0.25, 0.3) is 0 Å². The van der Waals surface area contributed by atoms with Gasteiger partial charge in [-0.1, -0.05) is 33.6 Å². The van der Waals surface area contributed by atoms with Gasteiger partial charge in [0.05, 0.1) is 6.61 Å². The van der Waals surface area contributed by atoms with Crippen LogP contribution in [0.25, 0.3) is 0 Å². The number of carbonyl (C=O) groups excluding carboxylic acids is 1. The fourth-order valence-corrected chi connectivity index (χ4v) is 3.04. The summed E-state index contributed by atoms with van der Waals surface area (Å²) in [5, 5.41) is -0.136. The highest BCUT2D eigenvalue weighted by Gasteiger charge is 2.25. The van der Waals surface area contributed by atoms with Gasteiger partial charge in [0.1, 0.15) is 5.25 Å². The minimum Gasteiger partial charge on any atom is -0.465 e. The Morgan fingerprint density at radius 1 is 1.14 bits per heavy atom. The zero-order valence-electron chi connectivity index (χ0n) is 13.6. The summed E-state index contributed by atoms with van der Waals surface area (Å²) in [6.45, 7) is 6.03. The Hall–Kier alpha value is -0.320. The zero-order valence-corrected chi connectivity index (χ0v) is 14.4. The van der Waals surface area contributed by atoms with Crippen LogP contribution in [0.1, 0.15) is 72.1 Å². The second-order valence-corrected chi connectivity index (χ2v) is 6.65. The van der Waals surface area contributed by atoms with E-state index in [1.807, 2.05) is 6.92 Å². The van der Waals surface area contributed by atoms with Crippen molar-refractivity contribution in [2.45, 2.75) is 83.3 Å². The van der Waals surface area contributed by atoms with E-state index in [0.717, 1.165) is 37.9 Å². The maximum Gasteiger partial charge on any atom is 0.319 e. The van der Waals surface area contributed by atoms with Gasteiger partial charge in [0.15, 0.2) is 0 Å². The number of unbranched alkanes of at least 4 members (excludes halogenated alkanes) is 2. The van der Waals surface area contributed by atoms with Crippen molar-refractivity contribution in [3.8, 4) is 0 Å². The number of rotatable bonds is 13. The van der Waals surface area contributed by atoms with Crippen molar-refractivity contribution in [3.05, 3.63) is 0 Å². The third kappa shape index (κ3) is 11.0. The molecule has 0 saturated carbocycles. The van der Waals surface area contributed by atoms with Crippen LogP contribution in [0.2, 0.25) is 0 Å². The van der Waals surface area contributed by atoms with Gasteiger partial charge in [0, 0.05) is 12.8 Å². The van der Waals surface area contributed by atoms with Crippen LogP contribution in [-0.4, -0.2) is 29.5 Å². The molecule has 0 fully saturated rings. The van der Waals surface area contributed by atoms with Gasteiger partial charge in [-0.25, -0.2) is 8.78 Å². The molecule has 126 valence electrons. The average Bonchev–Trinajstić information content (AvgIpc) is 2.47. The van der Waals surface area contributed by atoms with Gasteiger partial charge < -0.3 is 4.74 Å². The molecule has 1 atom stereocenters. The molecule has 0 aromatic carbocycles. The molecule has 0 amide bonds. The Morgan fingerprint density at radius 3 is 2.43 bits per heavy atom. The van der Waals surface area contributed by atoms with Crippen molar-refractivity contribution >= 4 is 17.7 Å². The maximum atomic E-state index is 13.1. The van der Waals surface area contributed by atoms with Gasteiger partial charge in [0.2, 0.25) is 5.92 Å². The van der Waals surface area contributed by atoms with Crippen molar-refractivity contribution < 1.29 is 18.3 Å². The van der Waals surface area contributed by atoms with Crippen LogP contribution < -0.4 is 0 Å². The molecule has 0 spiro atoms. The first-order valence-electron chi connectivity index (χ1n) is 8.12. The Kier molecular flexibility index (Phi) is 12.1. The first kappa shape index (κ1) is 20.7. The molecule has 2 nitrogen and oxygen atoms in total. The third-order valence-electron chi connectivity index (χ3n) is 3.30. The molecule has 0 radical (unpaired) electrons. The van der Waals surface area contributed by atoms with Crippen LogP contribution in [0.5, 0.6) is 0 Å². The number of thioether (sulfide) groups is 1. The molecule has 5 heteroatoms. The lowest BCUT2D eigenvalue weighted by Crippen LogP contribution is -2.21. The Morgan fingerprint density at radius 2 is 1.86 bits per heavy atom. The summed E-state index contributed by atoms with van der Waals surface area (Å²) in [7, 11) is 0. The van der Waals surface area contributed by atoms with E-state index in [2.05, 4.69) is 6.92 Å². The van der Waals surface area contributed by atoms with Gasteiger partial charge in [-0.2, -0.15) is 0 Å². The lowest BCUT2D eigenvalue weighted by Gasteiger charge is -2.16. The first-order valence-corrected chi connectivity index (χ1v) is 9.17. The van der Waals surface area contributed by atoms with Crippen LogP contribution >= 0.6 is 11.8 Å². The van der Waals surface area contributed by atoms with Crippen LogP contribution in [-0.2, 0) is 9.53 Å². The highest BCUT2D eigenvalue weighted by Crippen LogP contribution is 2.26. The van der Waals surface area contributed by atoms with E-state index in [-0.39, 0.29) is 24.1 Å². The van der Waals surface area contributed by atoms with E-state index >= 15 is 0 Å². The quantitative estimate of drug-likeness (QED) is 0.333. The molecule has 0 aliphatic heterocycles. The first-order chi connectivity index (χ1) is 9.96. The summed E-state index contributed by atoms with van der Waals surface area (Å²) >= 11 is 1.56. The van der Waals surface area contributed by atoms with Crippen LogP contribution in [0, 0.1) is 0 Å². The molecule has 21 heavy (non-hydrogen) atoms. The van der Waals surface area contributed by atoms with Gasteiger partial charge >= 0.3 is 5.97 Å². The predicted molar refractivity (Wildman–Crippen MR) is 86.1 cm³/mol. The van der Waals surface area contributed by atoms with Gasteiger partial charge in [-0.05, 0) is 31.4 Å². The summed E-state index contributed by atoms with van der Waals surface area (Å²) in [6, 6.07) is 0. The molecular formula is C16H30F2O2S. The van der Waals surface area contributed by atoms with E-state index in [4.69, 9.17) is 4.74 Å². The second kappa shape index (κ2) is 12.2. The Bertz CT molecular complexity index is 273. The molecular weight excluding hydrogens is 294 g/mol. The van der Waals surface area contributed by atoms with E-state index < -0.39 is 5.92 Å². The van der Waals surface area contributed by atoms with Gasteiger partial charge in [-0.3, -0.25) is 4.79 Å². The maximum absolute atomic E-state index is 13.1. The number of halogens is 2. The largest absolute Gasteiger partial charge is 0.465 e. The fraction of sp³-hybridized carbons (Fsp3) is 0.938. The van der Waals surface area contributed by atoms with Crippen molar-refractivity contribution in [2.24, 2.45) is 0 Å². The minimum absolute atomic E-state index is 0.0516. The molecule has 0 aliphatic rings. The van der Waals surface area contributed by atoms with Crippen molar-refractivity contribution in [1.82, 2.24) is 0 Å². The molecule has 0 aromatic rings. The van der Waals surface area contributed by atoms with Crippen LogP contribution in [0.3, 0.4) is 0 Å². The Balaban J connectivity index is 3.97. The van der Waals surface area contributed by atoms with E-state index in [0.29, 0.717) is 13.0 Å². The minimum atomic E-state index is -2.54. The normalized spacial score (nSPS) is 13.2. The smallest absolute Gasteiger partial charge is 0.319 e. The third-order valence-corrected chi connectivity index (χ3v) is 4.66. The van der Waals surface area contributed by atoms with Crippen molar-refractivity contribution in [3.63, 3.8) is 0 Å². The summed E-state index contributed by atoms with van der Waals surface area (Å²) in [5.41, 5.74) is 0. The van der Waals surface area contributed by atoms with E-state index in [1.54, 1.807) is 11.8 Å². The number of hydrogen-bond donors (Lipinski definition) is 0. The topological polar surface area (TPSA) is 26.3 Å². The molecule has 1 unspecified atom stereocenters. The monoisotopic (exact) mass is 324 g/mol. The summed E-state index contributed by atoms with van der Waals surface area (Å²) in [6.07, 6.45) is 4.76. The molecule has 0 aliphatic carbocycles. The van der Waals surface area contributed by atoms with Gasteiger partial charge in [-0.15, -0.1) is 11.8 Å². The number of alkyl halides is 2. The standard InChI is InChI=1S/C16H30F2O2S/c1-4-7-10-14(15(19)20-12-5-2)21-13-9-8-11-16(17,18)6-3/h14H,4-13H2,1-3H3. The fourth-order valence-electron chi connectivity index (χ4n) is 1.84. The van der Waals surface area contributed by atoms with Crippen LogP contribution in [0.15, 0.2) is 0 Å². The summed E-state index contributed by atoms with van der Waals surface area (Å²) in [5.74, 6) is -1.93. The Labute approximate surface area is 132 Å². The van der Waals surface area contributed by atoms with Crippen LogP contribution in [0.4, 0.5) is 8.78 Å². The molecule has 0 N–H and O–H groups in total. The molecule has 0 heterocycles. The van der Waals surface area contributed by atoms with Crippen molar-refractivity contribution in [2.75, 3.05) is 12.4 Å². The SMILES string of the molecule is CCCCC(SCCCCC(F)(F)CC)C(=O)OCCC. The predicted octanol–water partition coefficient (Wildman–Crippen LogP) is 5.45. The van der Waals surface area contributed by atoms with E-state index in [9.17, 15) is 13.6 Å². The van der Waals surface area contributed by atoms with Crippen molar-refractivity contribution in [1.29, 1.82) is 0 Å². The second-order valence-electron chi connectivity index (χ2n) is 5.34. The number of ether oxygens (including phenoxy) is 1. The lowest BCUT2D eigenvalue weighted by atomic mass is 10.1. The zero-order chi connectivity index (χ0) is 16.1. The summed E-state index contributed by atoms with van der Waals surface area (Å²) < 4.78 is 31.4. The molecule has 0 aromatic heterocycles. The number of hydrogen-bond acceptors (Lipinski definition) is 3. The highest BCUT2D eigenvalue weighted by molar-refractivity contribution is 8.00. The number of esters is 1. The highest BCUT2D eigenvalue weighted by atomic mass is 32.2. The van der Waals surface area contributed by atoms with E-state index in [1.165, 1.54) is 6.92 Å². The lowest BCUT2D eigenvalue weighted by molar-refractivity contribution is -0.143. The molecule has 0 saturated heterocycles. The average molecular weight is 324 g/mol. The molecule has 0 bridgehead atoms. The number of carbonyl (C=O) groups is 1. The summed E-state index contributed by atoms with van der Waals surface area (Å²) in [4.78, 5) is 11.9.